The van der Waals surface area contributed by atoms with Crippen molar-refractivity contribution in [3.63, 3.8) is 0 Å². The number of rotatable bonds is 4. The second-order valence-electron chi connectivity index (χ2n) is 6.61. The van der Waals surface area contributed by atoms with Gasteiger partial charge in [0, 0.05) is 6.61 Å². The normalized spacial score (nSPS) is 42.9. The molecule has 1 saturated carbocycles. The van der Waals surface area contributed by atoms with Crippen LogP contribution in [-0.4, -0.2) is 23.4 Å². The van der Waals surface area contributed by atoms with Crippen molar-refractivity contribution in [2.75, 3.05) is 6.61 Å². The minimum absolute atomic E-state index is 0.379. The molecule has 2 aliphatic rings. The van der Waals surface area contributed by atoms with Crippen molar-refractivity contribution in [2.45, 2.75) is 76.9 Å². The maximum Gasteiger partial charge on any atom is 0.0653 e. The Morgan fingerprint density at radius 1 is 1.24 bits per heavy atom. The Kier molecular flexibility index (Phi) is 4.48. The molecule has 1 heterocycles. The molecule has 3 unspecified atom stereocenters. The molecule has 0 amide bonds. The summed E-state index contributed by atoms with van der Waals surface area (Å²) < 4.78 is 5.64. The van der Waals surface area contributed by atoms with Gasteiger partial charge in [-0.25, -0.2) is 0 Å². The van der Waals surface area contributed by atoms with Crippen LogP contribution in [-0.2, 0) is 4.74 Å². The summed E-state index contributed by atoms with van der Waals surface area (Å²) in [6, 6.07) is 0. The van der Waals surface area contributed by atoms with Gasteiger partial charge in [0.1, 0.15) is 0 Å². The zero-order chi connectivity index (χ0) is 12.3. The largest absolute Gasteiger partial charge is 0.390 e. The molecule has 0 radical (unpaired) electrons. The molecule has 0 aromatic carbocycles. The summed E-state index contributed by atoms with van der Waals surface area (Å²) in [6.07, 6.45) is 9.47. The Morgan fingerprint density at radius 2 is 1.94 bits per heavy atom. The number of hydrogen-bond donors (Lipinski definition) is 1. The monoisotopic (exact) mass is 240 g/mol. The number of aliphatic hydroxyl groups is 1. The SMILES string of the molecule is CC1CC(C)CC(O)(CCCC2CCCO2)C1. The highest BCUT2D eigenvalue weighted by Gasteiger charge is 2.35. The summed E-state index contributed by atoms with van der Waals surface area (Å²) in [5, 5.41) is 10.6. The molecule has 2 rings (SSSR count). The Hall–Kier alpha value is -0.0800. The van der Waals surface area contributed by atoms with Crippen LogP contribution in [0.3, 0.4) is 0 Å². The van der Waals surface area contributed by atoms with Gasteiger partial charge in [0.2, 0.25) is 0 Å². The molecule has 0 bridgehead atoms. The van der Waals surface area contributed by atoms with Gasteiger partial charge in [-0.15, -0.1) is 0 Å². The van der Waals surface area contributed by atoms with Gasteiger partial charge >= 0.3 is 0 Å². The van der Waals surface area contributed by atoms with Crippen LogP contribution in [0.4, 0.5) is 0 Å². The van der Waals surface area contributed by atoms with Gasteiger partial charge in [-0.2, -0.15) is 0 Å². The van der Waals surface area contributed by atoms with E-state index in [4.69, 9.17) is 4.74 Å². The third kappa shape index (κ3) is 3.96. The smallest absolute Gasteiger partial charge is 0.0653 e. The number of hydrogen-bond acceptors (Lipinski definition) is 2. The molecule has 1 N–H and O–H groups in total. The summed E-state index contributed by atoms with van der Waals surface area (Å²) >= 11 is 0. The first-order valence-corrected chi connectivity index (χ1v) is 7.41. The van der Waals surface area contributed by atoms with Crippen molar-refractivity contribution < 1.29 is 9.84 Å². The average molecular weight is 240 g/mol. The summed E-state index contributed by atoms with van der Waals surface area (Å²) in [7, 11) is 0. The van der Waals surface area contributed by atoms with Crippen LogP contribution >= 0.6 is 0 Å². The topological polar surface area (TPSA) is 29.5 Å². The lowest BCUT2D eigenvalue weighted by molar-refractivity contribution is -0.0412. The van der Waals surface area contributed by atoms with E-state index in [2.05, 4.69) is 13.8 Å². The van der Waals surface area contributed by atoms with E-state index in [-0.39, 0.29) is 5.60 Å². The van der Waals surface area contributed by atoms with Crippen molar-refractivity contribution in [3.8, 4) is 0 Å². The first-order valence-electron chi connectivity index (χ1n) is 7.41. The standard InChI is InChI=1S/C15H28O2/c1-12-9-13(2)11-15(16,10-12)7-3-5-14-6-4-8-17-14/h12-14,16H,3-11H2,1-2H3. The van der Waals surface area contributed by atoms with Crippen LogP contribution in [0.15, 0.2) is 0 Å². The fourth-order valence-electron chi connectivity index (χ4n) is 3.97. The second-order valence-corrected chi connectivity index (χ2v) is 6.61. The first-order chi connectivity index (χ1) is 8.07. The highest BCUT2D eigenvalue weighted by Crippen LogP contribution is 2.39. The second kappa shape index (κ2) is 5.71. The molecular formula is C15H28O2. The lowest BCUT2D eigenvalue weighted by Crippen LogP contribution is -2.37. The highest BCUT2D eigenvalue weighted by molar-refractivity contribution is 4.88. The molecule has 0 spiro atoms. The summed E-state index contributed by atoms with van der Waals surface area (Å²) in [4.78, 5) is 0. The zero-order valence-electron chi connectivity index (χ0n) is 11.5. The Labute approximate surface area is 106 Å². The first kappa shape index (κ1) is 13.4. The van der Waals surface area contributed by atoms with Gasteiger partial charge < -0.3 is 9.84 Å². The summed E-state index contributed by atoms with van der Waals surface area (Å²) in [5.41, 5.74) is -0.379. The minimum Gasteiger partial charge on any atom is -0.390 e. The maximum absolute atomic E-state index is 10.6. The third-order valence-corrected chi connectivity index (χ3v) is 4.45. The van der Waals surface area contributed by atoms with Crippen LogP contribution in [0.1, 0.15) is 65.2 Å². The maximum atomic E-state index is 10.6. The van der Waals surface area contributed by atoms with Crippen LogP contribution in [0.2, 0.25) is 0 Å². The van der Waals surface area contributed by atoms with Gasteiger partial charge in [-0.05, 0) is 63.2 Å². The Morgan fingerprint density at radius 3 is 2.53 bits per heavy atom. The molecule has 3 atom stereocenters. The fraction of sp³-hybridized carbons (Fsp3) is 1.00. The van der Waals surface area contributed by atoms with E-state index in [9.17, 15) is 5.11 Å². The molecule has 1 aliphatic heterocycles. The predicted octanol–water partition coefficient (Wildman–Crippen LogP) is 3.52. The van der Waals surface area contributed by atoms with E-state index in [1.807, 2.05) is 0 Å². The zero-order valence-corrected chi connectivity index (χ0v) is 11.5. The Balaban J connectivity index is 1.72. The van der Waals surface area contributed by atoms with Crippen molar-refractivity contribution in [1.82, 2.24) is 0 Å². The summed E-state index contributed by atoms with van der Waals surface area (Å²) in [5.74, 6) is 1.37. The average Bonchev–Trinajstić information content (AvgIpc) is 2.67. The molecule has 100 valence electrons. The molecule has 1 saturated heterocycles. The van der Waals surface area contributed by atoms with Crippen molar-refractivity contribution in [3.05, 3.63) is 0 Å². The molecule has 2 fully saturated rings. The molecule has 1 aliphatic carbocycles. The minimum atomic E-state index is -0.379. The molecule has 0 aromatic heterocycles. The van der Waals surface area contributed by atoms with E-state index in [0.717, 1.165) is 38.7 Å². The van der Waals surface area contributed by atoms with E-state index in [1.165, 1.54) is 19.3 Å². The van der Waals surface area contributed by atoms with Gasteiger partial charge in [-0.1, -0.05) is 13.8 Å². The molecule has 17 heavy (non-hydrogen) atoms. The van der Waals surface area contributed by atoms with Gasteiger partial charge in [0.15, 0.2) is 0 Å². The molecule has 0 aromatic rings. The van der Waals surface area contributed by atoms with Crippen molar-refractivity contribution in [2.24, 2.45) is 11.8 Å². The van der Waals surface area contributed by atoms with Crippen LogP contribution in [0.25, 0.3) is 0 Å². The van der Waals surface area contributed by atoms with E-state index in [1.54, 1.807) is 0 Å². The summed E-state index contributed by atoms with van der Waals surface area (Å²) in [6.45, 7) is 5.50. The third-order valence-electron chi connectivity index (χ3n) is 4.45. The van der Waals surface area contributed by atoms with Crippen molar-refractivity contribution in [1.29, 1.82) is 0 Å². The lowest BCUT2D eigenvalue weighted by atomic mass is 9.72. The molecular weight excluding hydrogens is 212 g/mol. The number of ether oxygens (including phenoxy) is 1. The Bertz CT molecular complexity index is 223. The van der Waals surface area contributed by atoms with Crippen LogP contribution < -0.4 is 0 Å². The lowest BCUT2D eigenvalue weighted by Gasteiger charge is -2.39. The van der Waals surface area contributed by atoms with Gasteiger partial charge in [-0.3, -0.25) is 0 Å². The fourth-order valence-corrected chi connectivity index (χ4v) is 3.97. The molecule has 2 heteroatoms. The van der Waals surface area contributed by atoms with Crippen molar-refractivity contribution >= 4 is 0 Å². The quantitative estimate of drug-likeness (QED) is 0.814. The highest BCUT2D eigenvalue weighted by atomic mass is 16.5. The van der Waals surface area contributed by atoms with Crippen LogP contribution in [0, 0.1) is 11.8 Å². The van der Waals surface area contributed by atoms with E-state index >= 15 is 0 Å². The van der Waals surface area contributed by atoms with Crippen LogP contribution in [0.5, 0.6) is 0 Å². The van der Waals surface area contributed by atoms with Gasteiger partial charge in [0.25, 0.3) is 0 Å². The van der Waals surface area contributed by atoms with E-state index < -0.39 is 0 Å². The molecule has 2 nitrogen and oxygen atoms in total. The van der Waals surface area contributed by atoms with E-state index in [0.29, 0.717) is 17.9 Å². The predicted molar refractivity (Wildman–Crippen MR) is 70.0 cm³/mol. The van der Waals surface area contributed by atoms with Gasteiger partial charge in [0.05, 0.1) is 11.7 Å².